The summed E-state index contributed by atoms with van der Waals surface area (Å²) in [5, 5.41) is 0. The highest BCUT2D eigenvalue weighted by Crippen LogP contribution is 2.22. The van der Waals surface area contributed by atoms with Gasteiger partial charge in [0.2, 0.25) is 0 Å². The molecule has 0 aromatic heterocycles. The smallest absolute Gasteiger partial charge is 0.162 e. The Bertz CT molecular complexity index is 409. The van der Waals surface area contributed by atoms with Crippen molar-refractivity contribution in [2.45, 2.75) is 51.5 Å². The molecule has 1 unspecified atom stereocenters. The van der Waals surface area contributed by atoms with Crippen LogP contribution in [0.3, 0.4) is 0 Å². The number of carbonyl (C=O) groups excluding carboxylic acids is 1. The number of hydrogen-bond donors (Lipinski definition) is 1. The minimum absolute atomic E-state index is 0.108. The van der Waals surface area contributed by atoms with Crippen LogP contribution >= 0.6 is 0 Å². The summed E-state index contributed by atoms with van der Waals surface area (Å²) in [6.07, 6.45) is 6.18. The van der Waals surface area contributed by atoms with E-state index in [0.29, 0.717) is 6.42 Å². The molecule has 2 rings (SSSR count). The number of ketones is 1. The van der Waals surface area contributed by atoms with Crippen molar-refractivity contribution in [3.05, 3.63) is 34.9 Å². The zero-order valence-corrected chi connectivity index (χ0v) is 10.5. The highest BCUT2D eigenvalue weighted by molar-refractivity contribution is 5.96. The quantitative estimate of drug-likeness (QED) is 0.810. The molecule has 2 N–H and O–H groups in total. The van der Waals surface area contributed by atoms with Crippen molar-refractivity contribution in [1.82, 2.24) is 0 Å². The van der Waals surface area contributed by atoms with Crippen molar-refractivity contribution in [1.29, 1.82) is 0 Å². The molecule has 1 aromatic carbocycles. The third-order valence-electron chi connectivity index (χ3n) is 3.50. The average molecular weight is 231 g/mol. The van der Waals surface area contributed by atoms with Crippen molar-refractivity contribution in [3.8, 4) is 0 Å². The second kappa shape index (κ2) is 5.46. The molecule has 0 heterocycles. The third kappa shape index (κ3) is 3.16. The molecule has 92 valence electrons. The Morgan fingerprint density at radius 2 is 2.00 bits per heavy atom. The maximum atomic E-state index is 12.0. The average Bonchev–Trinajstić information content (AvgIpc) is 2.35. The van der Waals surface area contributed by atoms with Gasteiger partial charge in [-0.05, 0) is 56.2 Å². The molecule has 1 atom stereocenters. The Morgan fingerprint density at radius 3 is 2.71 bits per heavy atom. The third-order valence-corrected chi connectivity index (χ3v) is 3.50. The summed E-state index contributed by atoms with van der Waals surface area (Å²) in [7, 11) is 0. The molecular weight excluding hydrogens is 210 g/mol. The van der Waals surface area contributed by atoms with E-state index in [-0.39, 0.29) is 11.8 Å². The number of Topliss-reactive ketones (excluding diaryl/α,β-unsaturated/α-hetero) is 1. The van der Waals surface area contributed by atoms with E-state index in [0.717, 1.165) is 18.4 Å². The van der Waals surface area contributed by atoms with Gasteiger partial charge in [0, 0.05) is 18.0 Å². The van der Waals surface area contributed by atoms with Crippen LogP contribution in [0.15, 0.2) is 18.2 Å². The van der Waals surface area contributed by atoms with Gasteiger partial charge in [-0.2, -0.15) is 0 Å². The maximum Gasteiger partial charge on any atom is 0.162 e. The van der Waals surface area contributed by atoms with E-state index < -0.39 is 0 Å². The molecule has 2 heteroatoms. The molecule has 0 saturated carbocycles. The molecule has 0 amide bonds. The Morgan fingerprint density at radius 1 is 1.29 bits per heavy atom. The van der Waals surface area contributed by atoms with Crippen LogP contribution in [0, 0.1) is 0 Å². The molecule has 1 aliphatic rings. The Hall–Kier alpha value is -1.15. The Kier molecular flexibility index (Phi) is 3.95. The minimum atomic E-state index is 0.108. The van der Waals surface area contributed by atoms with Gasteiger partial charge in [-0.15, -0.1) is 0 Å². The number of aryl methyl sites for hydroxylation is 2. The van der Waals surface area contributed by atoms with E-state index in [9.17, 15) is 4.79 Å². The zero-order chi connectivity index (χ0) is 12.3. The molecule has 0 saturated heterocycles. The zero-order valence-electron chi connectivity index (χ0n) is 10.5. The fourth-order valence-corrected chi connectivity index (χ4v) is 2.41. The summed E-state index contributed by atoms with van der Waals surface area (Å²) in [5.74, 6) is 0.232. The number of benzene rings is 1. The van der Waals surface area contributed by atoms with Crippen molar-refractivity contribution in [2.24, 2.45) is 5.73 Å². The van der Waals surface area contributed by atoms with Gasteiger partial charge in [0.1, 0.15) is 0 Å². The molecule has 0 radical (unpaired) electrons. The van der Waals surface area contributed by atoms with Crippen molar-refractivity contribution >= 4 is 5.78 Å². The highest BCUT2D eigenvalue weighted by Gasteiger charge is 2.13. The number of rotatable bonds is 4. The van der Waals surface area contributed by atoms with E-state index in [1.54, 1.807) is 0 Å². The van der Waals surface area contributed by atoms with E-state index in [1.807, 2.05) is 13.0 Å². The molecule has 17 heavy (non-hydrogen) atoms. The maximum absolute atomic E-state index is 12.0. The van der Waals surface area contributed by atoms with Gasteiger partial charge >= 0.3 is 0 Å². The van der Waals surface area contributed by atoms with Crippen molar-refractivity contribution in [2.75, 3.05) is 0 Å². The minimum Gasteiger partial charge on any atom is -0.328 e. The molecule has 0 fully saturated rings. The molecule has 1 aliphatic carbocycles. The van der Waals surface area contributed by atoms with Crippen LogP contribution in [0.4, 0.5) is 0 Å². The van der Waals surface area contributed by atoms with Gasteiger partial charge in [0.05, 0.1) is 0 Å². The van der Waals surface area contributed by atoms with Crippen LogP contribution in [0.2, 0.25) is 0 Å². The predicted molar refractivity (Wildman–Crippen MR) is 70.3 cm³/mol. The van der Waals surface area contributed by atoms with Crippen molar-refractivity contribution < 1.29 is 4.79 Å². The fourth-order valence-electron chi connectivity index (χ4n) is 2.41. The first-order valence-corrected chi connectivity index (χ1v) is 6.57. The number of carbonyl (C=O) groups is 1. The lowest BCUT2D eigenvalue weighted by atomic mass is 9.89. The molecule has 0 spiro atoms. The fraction of sp³-hybridized carbons (Fsp3) is 0.533. The molecular formula is C15H21NO. The Labute approximate surface area is 103 Å². The number of hydrogen-bond acceptors (Lipinski definition) is 2. The molecule has 2 nitrogen and oxygen atoms in total. The topological polar surface area (TPSA) is 43.1 Å². The van der Waals surface area contributed by atoms with Gasteiger partial charge in [-0.1, -0.05) is 12.1 Å². The second-order valence-corrected chi connectivity index (χ2v) is 5.13. The summed E-state index contributed by atoms with van der Waals surface area (Å²) >= 11 is 0. The van der Waals surface area contributed by atoms with Crippen LogP contribution in [0.25, 0.3) is 0 Å². The van der Waals surface area contributed by atoms with Crippen molar-refractivity contribution in [3.63, 3.8) is 0 Å². The van der Waals surface area contributed by atoms with E-state index in [1.165, 1.54) is 30.4 Å². The lowest BCUT2D eigenvalue weighted by Gasteiger charge is -2.16. The van der Waals surface area contributed by atoms with Gasteiger partial charge in [0.25, 0.3) is 0 Å². The summed E-state index contributed by atoms with van der Waals surface area (Å²) in [5.41, 5.74) is 9.35. The summed E-state index contributed by atoms with van der Waals surface area (Å²) in [4.78, 5) is 12.0. The van der Waals surface area contributed by atoms with E-state index in [2.05, 4.69) is 12.1 Å². The van der Waals surface area contributed by atoms with Crippen LogP contribution in [0.1, 0.15) is 54.1 Å². The number of fused-ring (bicyclic) bond motifs is 1. The summed E-state index contributed by atoms with van der Waals surface area (Å²) in [6, 6.07) is 6.32. The predicted octanol–water partition coefficient (Wildman–Crippen LogP) is 2.88. The van der Waals surface area contributed by atoms with Gasteiger partial charge in [-0.25, -0.2) is 0 Å². The first kappa shape index (κ1) is 12.3. The lowest BCUT2D eigenvalue weighted by molar-refractivity contribution is 0.0978. The molecule has 0 aliphatic heterocycles. The van der Waals surface area contributed by atoms with Crippen LogP contribution in [-0.4, -0.2) is 11.8 Å². The summed E-state index contributed by atoms with van der Waals surface area (Å²) < 4.78 is 0. The first-order valence-electron chi connectivity index (χ1n) is 6.57. The Balaban J connectivity index is 2.08. The normalized spacial score (nSPS) is 16.4. The van der Waals surface area contributed by atoms with Crippen LogP contribution in [0.5, 0.6) is 0 Å². The lowest BCUT2D eigenvalue weighted by Crippen LogP contribution is -2.16. The largest absolute Gasteiger partial charge is 0.328 e. The van der Waals surface area contributed by atoms with Crippen LogP contribution in [-0.2, 0) is 12.8 Å². The standard InChI is InChI=1S/C15H21NO/c1-11(16)6-9-15(17)14-8-7-12-4-2-3-5-13(12)10-14/h7-8,10-11H,2-6,9,16H2,1H3. The van der Waals surface area contributed by atoms with Gasteiger partial charge in [-0.3, -0.25) is 4.79 Å². The van der Waals surface area contributed by atoms with Gasteiger partial charge in [0.15, 0.2) is 5.78 Å². The van der Waals surface area contributed by atoms with Crippen LogP contribution < -0.4 is 5.73 Å². The second-order valence-electron chi connectivity index (χ2n) is 5.13. The van der Waals surface area contributed by atoms with E-state index in [4.69, 9.17) is 5.73 Å². The molecule has 0 bridgehead atoms. The molecule has 1 aromatic rings. The summed E-state index contributed by atoms with van der Waals surface area (Å²) in [6.45, 7) is 1.94. The van der Waals surface area contributed by atoms with Gasteiger partial charge < -0.3 is 5.73 Å². The first-order chi connectivity index (χ1) is 8.16. The SMILES string of the molecule is CC(N)CCC(=O)c1ccc2c(c1)CCCC2. The van der Waals surface area contributed by atoms with E-state index >= 15 is 0 Å². The monoisotopic (exact) mass is 231 g/mol. The highest BCUT2D eigenvalue weighted by atomic mass is 16.1. The number of nitrogens with two attached hydrogens (primary N) is 1.